The van der Waals surface area contributed by atoms with Gasteiger partial charge in [0.1, 0.15) is 18.1 Å². The summed E-state index contributed by atoms with van der Waals surface area (Å²) in [5.74, 6) is -4.58. The molecule has 1 aromatic rings. The molecular formula is C25H37N7O7. The van der Waals surface area contributed by atoms with Crippen LogP contribution in [0.25, 0.3) is 0 Å². The van der Waals surface area contributed by atoms with Crippen molar-refractivity contribution in [2.24, 2.45) is 16.5 Å². The standard InChI is InChI=1S/C25H37N7O7/c26-25(27)29-13-5-9-18(24(38)39)31-22(36)17(10-11-20(33)34)30-23(37)19(14-15-6-2-1-3-7-15)32-21(35)16-8-4-12-28-16/h1-3,6-7,16-19,28H,4-5,8-14H2,(H,30,37)(H,31,36)(H,32,35)(H,33,34)(H,38,39)(H4,26,27,29). The van der Waals surface area contributed by atoms with Crippen LogP contribution < -0.4 is 32.7 Å². The number of aliphatic imine (C=N–C) groups is 1. The fourth-order valence-electron chi connectivity index (χ4n) is 4.08. The van der Waals surface area contributed by atoms with Crippen molar-refractivity contribution in [1.29, 1.82) is 0 Å². The molecular weight excluding hydrogens is 510 g/mol. The molecule has 0 bridgehead atoms. The number of amides is 3. The number of hydrogen-bond acceptors (Lipinski definition) is 7. The summed E-state index contributed by atoms with van der Waals surface area (Å²) in [5.41, 5.74) is 11.3. The van der Waals surface area contributed by atoms with Crippen LogP contribution in [0.2, 0.25) is 0 Å². The minimum absolute atomic E-state index is 0.00146. The zero-order chi connectivity index (χ0) is 28.8. The molecule has 4 unspecified atom stereocenters. The molecule has 0 spiro atoms. The summed E-state index contributed by atoms with van der Waals surface area (Å²) in [6.07, 6.45) is 1.07. The number of aliphatic carboxylic acids is 2. The molecule has 1 aliphatic heterocycles. The predicted molar refractivity (Wildman–Crippen MR) is 141 cm³/mol. The zero-order valence-corrected chi connectivity index (χ0v) is 21.6. The van der Waals surface area contributed by atoms with Gasteiger partial charge in [-0.15, -0.1) is 0 Å². The van der Waals surface area contributed by atoms with Crippen LogP contribution in [0.4, 0.5) is 0 Å². The summed E-state index contributed by atoms with van der Waals surface area (Å²) in [4.78, 5) is 65.8. The van der Waals surface area contributed by atoms with E-state index >= 15 is 0 Å². The molecule has 3 amide bonds. The molecule has 1 fully saturated rings. The summed E-state index contributed by atoms with van der Waals surface area (Å²) in [7, 11) is 0. The number of rotatable bonds is 16. The molecule has 0 aromatic heterocycles. The largest absolute Gasteiger partial charge is 0.481 e. The number of carboxylic acid groups (broad SMARTS) is 2. The van der Waals surface area contributed by atoms with E-state index in [0.29, 0.717) is 13.0 Å². The SMILES string of the molecule is NC(N)=NCCCC(NC(=O)C(CCC(=O)O)NC(=O)C(Cc1ccccc1)NC(=O)C1CCCN1)C(=O)O. The highest BCUT2D eigenvalue weighted by Gasteiger charge is 2.31. The first-order chi connectivity index (χ1) is 18.6. The maximum absolute atomic E-state index is 13.3. The van der Waals surface area contributed by atoms with E-state index in [1.165, 1.54) is 0 Å². The smallest absolute Gasteiger partial charge is 0.326 e. The number of carbonyl (C=O) groups is 5. The Balaban J connectivity index is 2.15. The third kappa shape index (κ3) is 11.4. The lowest BCUT2D eigenvalue weighted by Gasteiger charge is -2.25. The summed E-state index contributed by atoms with van der Waals surface area (Å²) >= 11 is 0. The van der Waals surface area contributed by atoms with Crippen LogP contribution >= 0.6 is 0 Å². The molecule has 1 heterocycles. The number of carboxylic acids is 2. The van der Waals surface area contributed by atoms with Gasteiger partial charge in [0.25, 0.3) is 0 Å². The lowest BCUT2D eigenvalue weighted by atomic mass is 10.0. The van der Waals surface area contributed by atoms with Crippen LogP contribution in [-0.4, -0.2) is 83.1 Å². The van der Waals surface area contributed by atoms with E-state index in [2.05, 4.69) is 26.3 Å². The third-order valence-corrected chi connectivity index (χ3v) is 6.13. The van der Waals surface area contributed by atoms with Crippen molar-refractivity contribution in [3.8, 4) is 0 Å². The molecule has 4 atom stereocenters. The minimum atomic E-state index is -1.35. The van der Waals surface area contributed by atoms with Gasteiger partial charge in [0.05, 0.1) is 6.04 Å². The second kappa shape index (κ2) is 15.9. The molecule has 0 radical (unpaired) electrons. The van der Waals surface area contributed by atoms with E-state index in [1.807, 2.05) is 6.07 Å². The van der Waals surface area contributed by atoms with Crippen molar-refractivity contribution in [3.63, 3.8) is 0 Å². The zero-order valence-electron chi connectivity index (χ0n) is 21.6. The Morgan fingerprint density at radius 3 is 2.21 bits per heavy atom. The first-order valence-electron chi connectivity index (χ1n) is 12.7. The minimum Gasteiger partial charge on any atom is -0.481 e. The van der Waals surface area contributed by atoms with E-state index in [1.54, 1.807) is 24.3 Å². The average molecular weight is 548 g/mol. The maximum Gasteiger partial charge on any atom is 0.326 e. The highest BCUT2D eigenvalue weighted by molar-refractivity contribution is 5.94. The van der Waals surface area contributed by atoms with E-state index < -0.39 is 54.3 Å². The topological polar surface area (TPSA) is 238 Å². The fourth-order valence-corrected chi connectivity index (χ4v) is 4.08. The normalized spacial score (nSPS) is 16.8. The average Bonchev–Trinajstić information content (AvgIpc) is 3.43. The summed E-state index contributed by atoms with van der Waals surface area (Å²) < 4.78 is 0. The van der Waals surface area contributed by atoms with E-state index in [0.717, 1.165) is 12.0 Å². The molecule has 1 aromatic carbocycles. The number of nitrogens with two attached hydrogens (primary N) is 2. The third-order valence-electron chi connectivity index (χ3n) is 6.13. The highest BCUT2D eigenvalue weighted by Crippen LogP contribution is 2.09. The van der Waals surface area contributed by atoms with Crippen molar-refractivity contribution < 1.29 is 34.2 Å². The monoisotopic (exact) mass is 547 g/mol. The number of nitrogens with zero attached hydrogens (tertiary/aromatic N) is 1. The van der Waals surface area contributed by atoms with Gasteiger partial charge in [-0.3, -0.25) is 24.2 Å². The van der Waals surface area contributed by atoms with Gasteiger partial charge in [-0.25, -0.2) is 4.79 Å². The highest BCUT2D eigenvalue weighted by atomic mass is 16.4. The van der Waals surface area contributed by atoms with Crippen LogP contribution in [0, 0.1) is 0 Å². The summed E-state index contributed by atoms with van der Waals surface area (Å²) in [5, 5.41) is 29.3. The molecule has 2 rings (SSSR count). The number of guanidine groups is 1. The van der Waals surface area contributed by atoms with Crippen LogP contribution in [0.5, 0.6) is 0 Å². The van der Waals surface area contributed by atoms with Crippen LogP contribution in [-0.2, 0) is 30.4 Å². The van der Waals surface area contributed by atoms with Gasteiger partial charge in [-0.2, -0.15) is 0 Å². The Kier molecular flexibility index (Phi) is 12.7. The maximum atomic E-state index is 13.3. The van der Waals surface area contributed by atoms with Gasteiger partial charge in [0.15, 0.2) is 5.96 Å². The molecule has 0 aliphatic carbocycles. The van der Waals surface area contributed by atoms with Gasteiger partial charge < -0.3 is 42.9 Å². The quantitative estimate of drug-likeness (QED) is 0.0672. The fraction of sp³-hybridized carbons (Fsp3) is 0.520. The van der Waals surface area contributed by atoms with Crippen molar-refractivity contribution >= 4 is 35.6 Å². The molecule has 10 N–H and O–H groups in total. The summed E-state index contributed by atoms with van der Waals surface area (Å²) in [6, 6.07) is 4.78. The molecule has 214 valence electrons. The van der Waals surface area contributed by atoms with Crippen molar-refractivity contribution in [2.45, 2.75) is 69.1 Å². The molecule has 1 saturated heterocycles. The van der Waals surface area contributed by atoms with Crippen LogP contribution in [0.15, 0.2) is 35.3 Å². The first-order valence-corrected chi connectivity index (χ1v) is 12.7. The Morgan fingerprint density at radius 1 is 0.949 bits per heavy atom. The lowest BCUT2D eigenvalue weighted by Crippen LogP contribution is -2.57. The van der Waals surface area contributed by atoms with Crippen molar-refractivity contribution in [3.05, 3.63) is 35.9 Å². The Morgan fingerprint density at radius 2 is 1.62 bits per heavy atom. The van der Waals surface area contributed by atoms with Gasteiger partial charge in [-0.1, -0.05) is 30.3 Å². The Labute approximate surface area is 226 Å². The van der Waals surface area contributed by atoms with Gasteiger partial charge >= 0.3 is 11.9 Å². The van der Waals surface area contributed by atoms with E-state index in [-0.39, 0.29) is 44.1 Å². The predicted octanol–water partition coefficient (Wildman–Crippen LogP) is -1.56. The Hall–Kier alpha value is -4.20. The summed E-state index contributed by atoms with van der Waals surface area (Å²) in [6.45, 7) is 0.833. The Bertz CT molecular complexity index is 1020. The number of carbonyl (C=O) groups excluding carboxylic acids is 3. The molecule has 14 nitrogen and oxygen atoms in total. The number of benzene rings is 1. The second-order valence-corrected chi connectivity index (χ2v) is 9.24. The molecule has 0 saturated carbocycles. The molecule has 14 heteroatoms. The van der Waals surface area contributed by atoms with Gasteiger partial charge in [0.2, 0.25) is 17.7 Å². The van der Waals surface area contributed by atoms with E-state index in [9.17, 15) is 29.1 Å². The first kappa shape index (κ1) is 31.0. The van der Waals surface area contributed by atoms with Crippen molar-refractivity contribution in [1.82, 2.24) is 21.3 Å². The van der Waals surface area contributed by atoms with E-state index in [4.69, 9.17) is 16.6 Å². The van der Waals surface area contributed by atoms with Gasteiger partial charge in [0, 0.05) is 19.4 Å². The van der Waals surface area contributed by atoms with Crippen LogP contribution in [0.3, 0.4) is 0 Å². The lowest BCUT2D eigenvalue weighted by molar-refractivity contribution is -0.143. The second-order valence-electron chi connectivity index (χ2n) is 9.24. The van der Waals surface area contributed by atoms with Crippen LogP contribution in [0.1, 0.15) is 44.1 Å². The van der Waals surface area contributed by atoms with Gasteiger partial charge in [-0.05, 0) is 44.2 Å². The molecule has 39 heavy (non-hydrogen) atoms. The number of hydrogen-bond donors (Lipinski definition) is 8. The number of nitrogens with one attached hydrogen (secondary N) is 4. The molecule has 1 aliphatic rings. The van der Waals surface area contributed by atoms with Crippen molar-refractivity contribution in [2.75, 3.05) is 13.1 Å².